The lowest BCUT2D eigenvalue weighted by molar-refractivity contribution is 0.255. The van der Waals surface area contributed by atoms with Gasteiger partial charge >= 0.3 is 0 Å². The van der Waals surface area contributed by atoms with Crippen molar-refractivity contribution in [1.29, 1.82) is 0 Å². The van der Waals surface area contributed by atoms with Crippen LogP contribution < -0.4 is 9.47 Å². The van der Waals surface area contributed by atoms with Crippen LogP contribution in [0.3, 0.4) is 0 Å². The molecule has 0 saturated carbocycles. The van der Waals surface area contributed by atoms with Gasteiger partial charge in [-0.15, -0.1) is 0 Å². The Morgan fingerprint density at radius 2 is 1.66 bits per heavy atom. The lowest BCUT2D eigenvalue weighted by atomic mass is 10.1. The molecule has 9 heteroatoms. The first-order valence-electron chi connectivity index (χ1n) is 9.08. The number of ether oxygens (including phenoxy) is 2. The molecular weight excluding hydrogens is 414 g/mol. The fraction of sp³-hybridized carbons (Fsp3) is 0.400. The minimum atomic E-state index is -3.91. The van der Waals surface area contributed by atoms with Crippen LogP contribution in [-0.4, -0.2) is 65.8 Å². The van der Waals surface area contributed by atoms with Gasteiger partial charge in [0.2, 0.25) is 0 Å². The molecular formula is C20H25NO6S2. The van der Waals surface area contributed by atoms with Crippen LogP contribution in [0.4, 0.5) is 0 Å². The topological polar surface area (TPSA) is 90.0 Å². The predicted octanol–water partition coefficient (Wildman–Crippen LogP) is 1.78. The van der Waals surface area contributed by atoms with E-state index in [2.05, 4.69) is 0 Å². The highest BCUT2D eigenvalue weighted by molar-refractivity contribution is 7.96. The normalized spacial score (nSPS) is 21.2. The van der Waals surface area contributed by atoms with Gasteiger partial charge in [-0.05, 0) is 24.7 Å². The summed E-state index contributed by atoms with van der Waals surface area (Å²) in [5.74, 6) is 0.105. The number of methoxy groups -OCH3 is 2. The predicted molar refractivity (Wildman–Crippen MR) is 111 cm³/mol. The van der Waals surface area contributed by atoms with Gasteiger partial charge in [-0.3, -0.25) is 4.90 Å². The Bertz CT molecular complexity index is 1070. The van der Waals surface area contributed by atoms with E-state index in [0.717, 1.165) is 5.56 Å². The van der Waals surface area contributed by atoms with E-state index < -0.39 is 36.7 Å². The second-order valence-electron chi connectivity index (χ2n) is 7.15. The van der Waals surface area contributed by atoms with E-state index in [1.165, 1.54) is 32.4 Å². The molecule has 0 N–H and O–H groups in total. The van der Waals surface area contributed by atoms with Crippen molar-refractivity contribution in [3.8, 4) is 11.5 Å². The Kier molecular flexibility index (Phi) is 6.21. The Morgan fingerprint density at radius 3 is 2.28 bits per heavy atom. The molecule has 0 unspecified atom stereocenters. The van der Waals surface area contributed by atoms with E-state index in [1.54, 1.807) is 7.05 Å². The highest BCUT2D eigenvalue weighted by Gasteiger charge is 2.47. The molecule has 7 nitrogen and oxygen atoms in total. The maximum atomic E-state index is 13.4. The lowest BCUT2D eigenvalue weighted by Gasteiger charge is -2.28. The van der Waals surface area contributed by atoms with Gasteiger partial charge in [-0.2, -0.15) is 0 Å². The molecule has 2 aromatic rings. The summed E-state index contributed by atoms with van der Waals surface area (Å²) >= 11 is 0. The Hall–Kier alpha value is -2.10. The summed E-state index contributed by atoms with van der Waals surface area (Å²) in [5, 5.41) is -1.06. The third-order valence-corrected chi connectivity index (χ3v) is 9.31. The molecule has 1 fully saturated rings. The molecule has 0 radical (unpaired) electrons. The zero-order valence-corrected chi connectivity index (χ0v) is 18.2. The number of benzene rings is 2. The molecule has 0 amide bonds. The first kappa shape index (κ1) is 21.6. The van der Waals surface area contributed by atoms with Crippen LogP contribution in [0.15, 0.2) is 53.4 Å². The van der Waals surface area contributed by atoms with Crippen molar-refractivity contribution in [2.75, 3.05) is 32.8 Å². The van der Waals surface area contributed by atoms with E-state index >= 15 is 0 Å². The third kappa shape index (κ3) is 4.57. The van der Waals surface area contributed by atoms with Crippen LogP contribution in [0.2, 0.25) is 0 Å². The highest BCUT2D eigenvalue weighted by atomic mass is 32.2. The standard InChI is InChI=1S/C20H25NO6S2/c1-21(12-15-7-5-4-6-8-15)17-13-28(22,23)14-20(17)29(24,25)16-9-10-18(26-2)19(11-16)27-3/h4-11,17,20H,12-14H2,1-3H3/t17-,20-/m0/s1. The molecule has 29 heavy (non-hydrogen) atoms. The molecule has 0 bridgehead atoms. The zero-order chi connectivity index (χ0) is 21.2. The number of rotatable bonds is 7. The van der Waals surface area contributed by atoms with Crippen molar-refractivity contribution >= 4 is 19.7 Å². The van der Waals surface area contributed by atoms with Crippen LogP contribution in [0.5, 0.6) is 11.5 Å². The Labute approximate surface area is 172 Å². The van der Waals surface area contributed by atoms with Crippen molar-refractivity contribution in [3.63, 3.8) is 0 Å². The molecule has 2 aromatic carbocycles. The average Bonchev–Trinajstić information content (AvgIpc) is 3.04. The van der Waals surface area contributed by atoms with Gasteiger partial charge in [-0.25, -0.2) is 16.8 Å². The average molecular weight is 440 g/mol. The molecule has 0 spiro atoms. The highest BCUT2D eigenvalue weighted by Crippen LogP contribution is 2.34. The molecule has 2 atom stereocenters. The SMILES string of the molecule is COc1ccc(S(=O)(=O)[C@H]2CS(=O)(=O)C[C@@H]2N(C)Cc2ccccc2)cc1OC. The first-order valence-corrected chi connectivity index (χ1v) is 12.5. The largest absolute Gasteiger partial charge is 0.493 e. The summed E-state index contributed by atoms with van der Waals surface area (Å²) < 4.78 is 61.9. The minimum absolute atomic E-state index is 0.0235. The van der Waals surface area contributed by atoms with Crippen LogP contribution >= 0.6 is 0 Å². The fourth-order valence-electron chi connectivity index (χ4n) is 3.66. The third-order valence-electron chi connectivity index (χ3n) is 5.20. The Balaban J connectivity index is 1.95. The first-order chi connectivity index (χ1) is 13.7. The van der Waals surface area contributed by atoms with Gasteiger partial charge in [0.15, 0.2) is 31.2 Å². The van der Waals surface area contributed by atoms with Crippen molar-refractivity contribution in [1.82, 2.24) is 4.90 Å². The summed E-state index contributed by atoms with van der Waals surface area (Å²) in [6, 6.07) is 13.2. The van der Waals surface area contributed by atoms with E-state index in [0.29, 0.717) is 12.3 Å². The summed E-state index contributed by atoms with van der Waals surface area (Å²) in [6.07, 6.45) is 0. The molecule has 1 aliphatic heterocycles. The van der Waals surface area contributed by atoms with Crippen LogP contribution in [-0.2, 0) is 26.2 Å². The molecule has 1 saturated heterocycles. The van der Waals surface area contributed by atoms with Crippen molar-refractivity contribution in [3.05, 3.63) is 54.1 Å². The molecule has 3 rings (SSSR count). The van der Waals surface area contributed by atoms with Gasteiger partial charge < -0.3 is 9.47 Å². The minimum Gasteiger partial charge on any atom is -0.493 e. The van der Waals surface area contributed by atoms with E-state index in [-0.39, 0.29) is 16.4 Å². The Morgan fingerprint density at radius 1 is 1.00 bits per heavy atom. The van der Waals surface area contributed by atoms with Crippen molar-refractivity contribution in [2.24, 2.45) is 0 Å². The lowest BCUT2D eigenvalue weighted by Crippen LogP contribution is -2.44. The maximum Gasteiger partial charge on any atom is 0.183 e. The smallest absolute Gasteiger partial charge is 0.183 e. The summed E-state index contributed by atoms with van der Waals surface area (Å²) in [7, 11) is -2.75. The van der Waals surface area contributed by atoms with E-state index in [4.69, 9.17) is 9.47 Å². The summed E-state index contributed by atoms with van der Waals surface area (Å²) in [6.45, 7) is 0.457. The fourth-order valence-corrected chi connectivity index (χ4v) is 8.58. The summed E-state index contributed by atoms with van der Waals surface area (Å²) in [5.41, 5.74) is 0.988. The molecule has 0 aliphatic carbocycles. The van der Waals surface area contributed by atoms with Crippen LogP contribution in [0, 0.1) is 0 Å². The number of nitrogens with zero attached hydrogens (tertiary/aromatic N) is 1. The molecule has 1 aliphatic rings. The monoisotopic (exact) mass is 439 g/mol. The van der Waals surface area contributed by atoms with Gasteiger partial charge in [0, 0.05) is 18.7 Å². The van der Waals surface area contributed by atoms with Gasteiger partial charge in [0.1, 0.15) is 0 Å². The number of sulfone groups is 2. The zero-order valence-electron chi connectivity index (χ0n) is 16.6. The number of hydrogen-bond donors (Lipinski definition) is 0. The second-order valence-corrected chi connectivity index (χ2v) is 11.5. The molecule has 0 aromatic heterocycles. The van der Waals surface area contributed by atoms with E-state index in [9.17, 15) is 16.8 Å². The van der Waals surface area contributed by atoms with Crippen LogP contribution in [0.25, 0.3) is 0 Å². The van der Waals surface area contributed by atoms with Gasteiger partial charge in [0.05, 0.1) is 35.9 Å². The second kappa shape index (κ2) is 8.33. The van der Waals surface area contributed by atoms with Crippen LogP contribution in [0.1, 0.15) is 5.56 Å². The van der Waals surface area contributed by atoms with Crippen molar-refractivity contribution in [2.45, 2.75) is 22.7 Å². The molecule has 1 heterocycles. The molecule has 158 valence electrons. The van der Waals surface area contributed by atoms with Crippen molar-refractivity contribution < 1.29 is 26.3 Å². The van der Waals surface area contributed by atoms with E-state index in [1.807, 2.05) is 35.2 Å². The number of hydrogen-bond acceptors (Lipinski definition) is 7. The van der Waals surface area contributed by atoms with Gasteiger partial charge in [-0.1, -0.05) is 30.3 Å². The quantitative estimate of drug-likeness (QED) is 0.649. The summed E-state index contributed by atoms with van der Waals surface area (Å²) in [4.78, 5) is 1.83. The maximum absolute atomic E-state index is 13.4. The van der Waals surface area contributed by atoms with Gasteiger partial charge in [0.25, 0.3) is 0 Å².